The van der Waals surface area contributed by atoms with Crippen LogP contribution in [0.4, 0.5) is 0 Å². The highest BCUT2D eigenvalue weighted by Gasteiger charge is 2.24. The number of hydrogen-bond donors (Lipinski definition) is 0. The second-order valence-corrected chi connectivity index (χ2v) is 5.01. The Morgan fingerprint density at radius 3 is 1.56 bits per heavy atom. The molecule has 0 radical (unpaired) electrons. The second kappa shape index (κ2) is 13.4. The lowest BCUT2D eigenvalue weighted by Crippen LogP contribution is -2.41. The van der Waals surface area contributed by atoms with Crippen LogP contribution in [0.3, 0.4) is 0 Å². The van der Waals surface area contributed by atoms with Gasteiger partial charge in [0, 0.05) is 6.04 Å². The standard InChI is InChI=1S/C12H23N.5CH4/c1-11-7-9-13(10-8-11)12-5-3-2-4-6-12;;;;;/h11-12H,2-10H2,1H3;5*1H4. The Bertz CT molecular complexity index is 142. The van der Waals surface area contributed by atoms with Crippen LogP contribution in [0.1, 0.15) is 89.0 Å². The molecule has 1 aliphatic carbocycles. The predicted molar refractivity (Wildman–Crippen MR) is 90.5 cm³/mol. The molecule has 0 amide bonds. The summed E-state index contributed by atoms with van der Waals surface area (Å²) in [5, 5.41) is 0. The number of likely N-dealkylation sites (tertiary alicyclic amines) is 1. The molecule has 2 rings (SSSR count). The first kappa shape index (κ1) is 26.5. The van der Waals surface area contributed by atoms with E-state index in [1.807, 2.05) is 0 Å². The number of rotatable bonds is 1. The van der Waals surface area contributed by atoms with Crippen LogP contribution in [0, 0.1) is 5.92 Å². The van der Waals surface area contributed by atoms with Crippen molar-refractivity contribution in [2.75, 3.05) is 13.1 Å². The topological polar surface area (TPSA) is 3.24 Å². The SMILES string of the molecule is C.C.C.C.C.CC1CCN(C2CCCCC2)CC1. The summed E-state index contributed by atoms with van der Waals surface area (Å²) in [6, 6.07) is 0.959. The first-order valence-electron chi connectivity index (χ1n) is 6.10. The van der Waals surface area contributed by atoms with Crippen LogP contribution in [0.15, 0.2) is 0 Å². The molecule has 18 heavy (non-hydrogen) atoms. The van der Waals surface area contributed by atoms with Gasteiger partial charge in [0.15, 0.2) is 0 Å². The van der Waals surface area contributed by atoms with Crippen molar-refractivity contribution in [1.29, 1.82) is 0 Å². The molecule has 1 saturated carbocycles. The molecule has 2 aliphatic rings. The monoisotopic (exact) mass is 261 g/mol. The maximum atomic E-state index is 2.76. The van der Waals surface area contributed by atoms with E-state index < -0.39 is 0 Å². The van der Waals surface area contributed by atoms with Crippen molar-refractivity contribution in [1.82, 2.24) is 4.90 Å². The lowest BCUT2D eigenvalue weighted by Gasteiger charge is -2.38. The number of nitrogens with zero attached hydrogens (tertiary/aromatic N) is 1. The Hall–Kier alpha value is -0.0400. The minimum atomic E-state index is 0. The van der Waals surface area contributed by atoms with E-state index in [1.54, 1.807) is 0 Å². The van der Waals surface area contributed by atoms with Crippen molar-refractivity contribution in [2.45, 2.75) is 95.0 Å². The van der Waals surface area contributed by atoms with E-state index in [0.717, 1.165) is 12.0 Å². The summed E-state index contributed by atoms with van der Waals surface area (Å²) in [5.74, 6) is 0.986. The number of hydrogen-bond acceptors (Lipinski definition) is 1. The van der Waals surface area contributed by atoms with Gasteiger partial charge >= 0.3 is 0 Å². The summed E-state index contributed by atoms with van der Waals surface area (Å²) in [5.41, 5.74) is 0. The first-order chi connectivity index (χ1) is 6.36. The quantitative estimate of drug-likeness (QED) is 0.540. The molecule has 0 aromatic carbocycles. The third kappa shape index (κ3) is 7.41. The zero-order chi connectivity index (χ0) is 9.10. The van der Waals surface area contributed by atoms with E-state index in [-0.39, 0.29) is 37.1 Å². The molecule has 1 nitrogen and oxygen atoms in total. The van der Waals surface area contributed by atoms with Crippen molar-refractivity contribution in [3.63, 3.8) is 0 Å². The molecule has 0 unspecified atom stereocenters. The Morgan fingerprint density at radius 2 is 1.11 bits per heavy atom. The van der Waals surface area contributed by atoms with Gasteiger partial charge in [0.2, 0.25) is 0 Å². The molecule has 2 fully saturated rings. The van der Waals surface area contributed by atoms with Crippen molar-refractivity contribution in [3.05, 3.63) is 0 Å². The lowest BCUT2D eigenvalue weighted by molar-refractivity contribution is 0.111. The maximum absolute atomic E-state index is 2.76. The molecule has 0 atom stereocenters. The van der Waals surface area contributed by atoms with Crippen molar-refractivity contribution in [2.24, 2.45) is 5.92 Å². The van der Waals surface area contributed by atoms with Gasteiger partial charge in [-0.15, -0.1) is 0 Å². The lowest BCUT2D eigenvalue weighted by atomic mass is 9.91. The summed E-state index contributed by atoms with van der Waals surface area (Å²) in [4.78, 5) is 2.76. The molecule has 0 N–H and O–H groups in total. The van der Waals surface area contributed by atoms with Crippen LogP contribution in [0.2, 0.25) is 0 Å². The zero-order valence-corrected chi connectivity index (χ0v) is 8.97. The van der Waals surface area contributed by atoms with Gasteiger partial charge in [-0.3, -0.25) is 0 Å². The molecular formula is C17H43N. The summed E-state index contributed by atoms with van der Waals surface area (Å²) >= 11 is 0. The summed E-state index contributed by atoms with van der Waals surface area (Å²) in [7, 11) is 0. The Labute approximate surface area is 119 Å². The first-order valence-corrected chi connectivity index (χ1v) is 6.10. The highest BCUT2D eigenvalue weighted by Crippen LogP contribution is 2.26. The minimum Gasteiger partial charge on any atom is -0.300 e. The third-order valence-electron chi connectivity index (χ3n) is 3.91. The predicted octanol–water partition coefficient (Wildman–Crippen LogP) is 6.23. The van der Waals surface area contributed by atoms with Gasteiger partial charge in [0.25, 0.3) is 0 Å². The molecule has 0 aromatic rings. The van der Waals surface area contributed by atoms with Gasteiger partial charge < -0.3 is 4.90 Å². The fraction of sp³-hybridized carbons (Fsp3) is 1.00. The van der Waals surface area contributed by atoms with Gasteiger partial charge in [-0.2, -0.15) is 0 Å². The fourth-order valence-electron chi connectivity index (χ4n) is 2.84. The highest BCUT2D eigenvalue weighted by molar-refractivity contribution is 4.79. The van der Waals surface area contributed by atoms with E-state index in [9.17, 15) is 0 Å². The molecule has 0 bridgehead atoms. The minimum absolute atomic E-state index is 0. The zero-order valence-electron chi connectivity index (χ0n) is 8.97. The molecule has 116 valence electrons. The smallest absolute Gasteiger partial charge is 0.00952 e. The molecule has 0 spiro atoms. The molecule has 1 heterocycles. The normalized spacial score (nSPS) is 21.2. The molecule has 1 saturated heterocycles. The number of piperidine rings is 1. The van der Waals surface area contributed by atoms with Gasteiger partial charge in [-0.1, -0.05) is 63.3 Å². The molecule has 0 aromatic heterocycles. The highest BCUT2D eigenvalue weighted by atomic mass is 15.2. The fourth-order valence-corrected chi connectivity index (χ4v) is 2.84. The van der Waals surface area contributed by atoms with E-state index in [0.29, 0.717) is 0 Å². The molecular weight excluding hydrogens is 218 g/mol. The van der Waals surface area contributed by atoms with Crippen molar-refractivity contribution >= 4 is 0 Å². The third-order valence-corrected chi connectivity index (χ3v) is 3.91. The summed E-state index contributed by atoms with van der Waals surface area (Å²) in [6.45, 7) is 5.16. The van der Waals surface area contributed by atoms with E-state index in [4.69, 9.17) is 0 Å². The van der Waals surface area contributed by atoms with Crippen LogP contribution in [0.25, 0.3) is 0 Å². The van der Waals surface area contributed by atoms with Gasteiger partial charge in [0.1, 0.15) is 0 Å². The van der Waals surface area contributed by atoms with Crippen LogP contribution in [-0.2, 0) is 0 Å². The second-order valence-electron chi connectivity index (χ2n) is 5.01. The Kier molecular flexibility index (Phi) is 19.7. The van der Waals surface area contributed by atoms with Crippen LogP contribution >= 0.6 is 0 Å². The average Bonchev–Trinajstić information content (AvgIpc) is 2.20. The average molecular weight is 262 g/mol. The molecule has 1 aliphatic heterocycles. The van der Waals surface area contributed by atoms with Crippen LogP contribution in [0.5, 0.6) is 0 Å². The summed E-state index contributed by atoms with van der Waals surface area (Å²) in [6.07, 6.45) is 10.3. The molecule has 1 heteroatoms. The maximum Gasteiger partial charge on any atom is 0.00952 e. The van der Waals surface area contributed by atoms with E-state index >= 15 is 0 Å². The van der Waals surface area contributed by atoms with Gasteiger partial charge in [-0.25, -0.2) is 0 Å². The van der Waals surface area contributed by atoms with E-state index in [2.05, 4.69) is 11.8 Å². The van der Waals surface area contributed by atoms with E-state index in [1.165, 1.54) is 58.0 Å². The van der Waals surface area contributed by atoms with Crippen molar-refractivity contribution in [3.8, 4) is 0 Å². The Balaban J connectivity index is -0.000000196. The Morgan fingerprint density at radius 1 is 0.667 bits per heavy atom. The largest absolute Gasteiger partial charge is 0.300 e. The summed E-state index contributed by atoms with van der Waals surface area (Å²) < 4.78 is 0. The van der Waals surface area contributed by atoms with Crippen LogP contribution < -0.4 is 0 Å². The van der Waals surface area contributed by atoms with Gasteiger partial charge in [-0.05, 0) is 44.7 Å². The van der Waals surface area contributed by atoms with Gasteiger partial charge in [0.05, 0.1) is 0 Å². The van der Waals surface area contributed by atoms with Crippen LogP contribution in [-0.4, -0.2) is 24.0 Å². The van der Waals surface area contributed by atoms with Crippen molar-refractivity contribution < 1.29 is 0 Å².